The van der Waals surface area contributed by atoms with E-state index in [4.69, 9.17) is 10.2 Å². The Labute approximate surface area is 188 Å². The average Bonchev–Trinajstić information content (AvgIpc) is 3.36. The fourth-order valence-electron chi connectivity index (χ4n) is 4.51. The van der Waals surface area contributed by atoms with Crippen LogP contribution < -0.4 is 16.4 Å². The Balaban J connectivity index is 1.48. The van der Waals surface area contributed by atoms with Gasteiger partial charge in [-0.1, -0.05) is 18.6 Å². The standard InChI is InChI=1S/C26H28N4O2/c1-17-11-14-32-25(17)24(23-21-10-7-19(27)15-22(21)29-26(23)31)28-20-8-5-18(6-9-20)16-30-12-3-2-4-13-30/h5-11,14-15,28H,2-4,12-13,16,27H2,1H3,(H,29,31)/b24-23-. The van der Waals surface area contributed by atoms with Crippen molar-refractivity contribution in [3.05, 3.63) is 77.2 Å². The zero-order valence-corrected chi connectivity index (χ0v) is 18.3. The number of carbonyl (C=O) groups is 1. The summed E-state index contributed by atoms with van der Waals surface area (Å²) in [6.45, 7) is 5.29. The molecule has 6 nitrogen and oxygen atoms in total. The number of amides is 1. The van der Waals surface area contributed by atoms with Gasteiger partial charge < -0.3 is 20.8 Å². The Kier molecular flexibility index (Phi) is 5.45. The van der Waals surface area contributed by atoms with E-state index in [1.165, 1.54) is 37.9 Å². The van der Waals surface area contributed by atoms with E-state index in [1.54, 1.807) is 18.4 Å². The van der Waals surface area contributed by atoms with Crippen LogP contribution in [0, 0.1) is 6.92 Å². The Hall–Kier alpha value is -3.51. The second kappa shape index (κ2) is 8.55. The molecule has 1 amide bonds. The highest BCUT2D eigenvalue weighted by atomic mass is 16.3. The summed E-state index contributed by atoms with van der Waals surface area (Å²) in [6.07, 6.45) is 5.56. The van der Waals surface area contributed by atoms with Crippen LogP contribution >= 0.6 is 0 Å². The predicted molar refractivity (Wildman–Crippen MR) is 129 cm³/mol. The lowest BCUT2D eigenvalue weighted by molar-refractivity contribution is -0.110. The molecule has 32 heavy (non-hydrogen) atoms. The van der Waals surface area contributed by atoms with Gasteiger partial charge in [0.25, 0.3) is 5.91 Å². The molecule has 2 aliphatic heterocycles. The van der Waals surface area contributed by atoms with E-state index in [1.807, 2.05) is 19.1 Å². The second-order valence-corrected chi connectivity index (χ2v) is 8.60. The molecule has 0 aliphatic carbocycles. The summed E-state index contributed by atoms with van der Waals surface area (Å²) < 4.78 is 5.79. The number of hydrogen-bond acceptors (Lipinski definition) is 5. The Morgan fingerprint density at radius 3 is 2.59 bits per heavy atom. The minimum Gasteiger partial charge on any atom is -0.462 e. The molecule has 1 aromatic heterocycles. The fourth-order valence-corrected chi connectivity index (χ4v) is 4.51. The van der Waals surface area contributed by atoms with Crippen LogP contribution in [0.3, 0.4) is 0 Å². The van der Waals surface area contributed by atoms with Gasteiger partial charge in [-0.15, -0.1) is 0 Å². The van der Waals surface area contributed by atoms with E-state index < -0.39 is 0 Å². The van der Waals surface area contributed by atoms with Crippen molar-refractivity contribution in [3.63, 3.8) is 0 Å². The van der Waals surface area contributed by atoms with Crippen molar-refractivity contribution in [2.24, 2.45) is 0 Å². The van der Waals surface area contributed by atoms with Crippen LogP contribution in [0.15, 0.2) is 59.2 Å². The monoisotopic (exact) mass is 428 g/mol. The molecule has 0 unspecified atom stereocenters. The van der Waals surface area contributed by atoms with Crippen LogP contribution in [0.2, 0.25) is 0 Å². The first-order chi connectivity index (χ1) is 15.6. The zero-order valence-electron chi connectivity index (χ0n) is 18.3. The SMILES string of the molecule is Cc1ccoc1/C(Nc1ccc(CN2CCCCC2)cc1)=C1/C(=O)Nc2cc(N)ccc21. The third-order valence-corrected chi connectivity index (χ3v) is 6.21. The molecule has 0 saturated carbocycles. The maximum Gasteiger partial charge on any atom is 0.258 e. The van der Waals surface area contributed by atoms with Crippen molar-refractivity contribution in [1.29, 1.82) is 0 Å². The summed E-state index contributed by atoms with van der Waals surface area (Å²) in [7, 11) is 0. The van der Waals surface area contributed by atoms with Crippen LogP contribution in [0.25, 0.3) is 11.3 Å². The summed E-state index contributed by atoms with van der Waals surface area (Å²) in [5.41, 5.74) is 12.4. The minimum absolute atomic E-state index is 0.175. The van der Waals surface area contributed by atoms with Crippen molar-refractivity contribution >= 4 is 34.2 Å². The van der Waals surface area contributed by atoms with Gasteiger partial charge in [0.15, 0.2) is 5.76 Å². The highest BCUT2D eigenvalue weighted by molar-refractivity contribution is 6.37. The predicted octanol–water partition coefficient (Wildman–Crippen LogP) is 5.09. The normalized spacial score (nSPS) is 17.7. The minimum atomic E-state index is -0.175. The number of fused-ring (bicyclic) bond motifs is 1. The van der Waals surface area contributed by atoms with Gasteiger partial charge >= 0.3 is 0 Å². The first kappa shape index (κ1) is 20.4. The summed E-state index contributed by atoms with van der Waals surface area (Å²) in [4.78, 5) is 15.5. The summed E-state index contributed by atoms with van der Waals surface area (Å²) in [5.74, 6) is 0.475. The van der Waals surface area contributed by atoms with Gasteiger partial charge in [-0.2, -0.15) is 0 Å². The lowest BCUT2D eigenvalue weighted by Crippen LogP contribution is -2.29. The molecule has 2 aromatic carbocycles. The van der Waals surface area contributed by atoms with Gasteiger partial charge in [0.2, 0.25) is 0 Å². The Morgan fingerprint density at radius 1 is 1.09 bits per heavy atom. The maximum absolute atomic E-state index is 13.0. The van der Waals surface area contributed by atoms with Crippen LogP contribution in [0.4, 0.5) is 17.1 Å². The third-order valence-electron chi connectivity index (χ3n) is 6.21. The number of nitrogens with two attached hydrogens (primary N) is 1. The quantitative estimate of drug-likeness (QED) is 0.389. The number of nitrogens with zero attached hydrogens (tertiary/aromatic N) is 1. The number of carbonyl (C=O) groups excluding carboxylic acids is 1. The van der Waals surface area contributed by atoms with E-state index in [0.29, 0.717) is 28.4 Å². The molecule has 5 rings (SSSR count). The number of nitrogen functional groups attached to an aromatic ring is 1. The Morgan fingerprint density at radius 2 is 1.88 bits per heavy atom. The smallest absolute Gasteiger partial charge is 0.258 e. The molecule has 0 bridgehead atoms. The zero-order chi connectivity index (χ0) is 22.1. The number of furan rings is 1. The molecule has 3 heterocycles. The van der Waals surface area contributed by atoms with Crippen LogP contribution in [-0.4, -0.2) is 23.9 Å². The van der Waals surface area contributed by atoms with Crippen LogP contribution in [-0.2, 0) is 11.3 Å². The number of rotatable bonds is 5. The molecule has 3 aromatic rings. The van der Waals surface area contributed by atoms with Gasteiger partial charge in [0.05, 0.1) is 23.2 Å². The van der Waals surface area contributed by atoms with Gasteiger partial charge in [0.1, 0.15) is 0 Å². The fraction of sp³-hybridized carbons (Fsp3) is 0.269. The number of aryl methyl sites for hydroxylation is 1. The van der Waals surface area contributed by atoms with E-state index in [0.717, 1.165) is 23.4 Å². The molecular weight excluding hydrogens is 400 g/mol. The molecule has 1 fully saturated rings. The number of benzene rings is 2. The van der Waals surface area contributed by atoms with Crippen molar-refractivity contribution < 1.29 is 9.21 Å². The van der Waals surface area contributed by atoms with Crippen LogP contribution in [0.5, 0.6) is 0 Å². The van der Waals surface area contributed by atoms with Gasteiger partial charge in [-0.05, 0) is 80.4 Å². The second-order valence-electron chi connectivity index (χ2n) is 8.60. The molecule has 164 valence electrons. The van der Waals surface area contributed by atoms with E-state index in [2.05, 4.69) is 39.8 Å². The van der Waals surface area contributed by atoms with E-state index in [9.17, 15) is 4.79 Å². The highest BCUT2D eigenvalue weighted by Crippen LogP contribution is 2.39. The summed E-state index contributed by atoms with van der Waals surface area (Å²) in [6, 6.07) is 15.8. The lowest BCUT2D eigenvalue weighted by Gasteiger charge is -2.26. The molecule has 2 aliphatic rings. The number of piperidine rings is 1. The summed E-state index contributed by atoms with van der Waals surface area (Å²) >= 11 is 0. The number of anilines is 3. The van der Waals surface area contributed by atoms with Gasteiger partial charge in [-0.25, -0.2) is 0 Å². The van der Waals surface area contributed by atoms with E-state index >= 15 is 0 Å². The van der Waals surface area contributed by atoms with Gasteiger partial charge in [-0.3, -0.25) is 9.69 Å². The number of likely N-dealkylation sites (tertiary alicyclic amines) is 1. The van der Waals surface area contributed by atoms with Crippen molar-refractivity contribution in [2.75, 3.05) is 29.5 Å². The molecule has 0 spiro atoms. The molecule has 0 radical (unpaired) electrons. The number of hydrogen-bond donors (Lipinski definition) is 3. The van der Waals surface area contributed by atoms with Crippen molar-refractivity contribution in [2.45, 2.75) is 32.7 Å². The van der Waals surface area contributed by atoms with Gasteiger partial charge in [0, 0.05) is 23.5 Å². The first-order valence-corrected chi connectivity index (χ1v) is 11.2. The largest absolute Gasteiger partial charge is 0.462 e. The highest BCUT2D eigenvalue weighted by Gasteiger charge is 2.30. The maximum atomic E-state index is 13.0. The molecule has 6 heteroatoms. The summed E-state index contributed by atoms with van der Waals surface area (Å²) in [5, 5.41) is 6.39. The van der Waals surface area contributed by atoms with Crippen molar-refractivity contribution in [3.8, 4) is 0 Å². The topological polar surface area (TPSA) is 83.5 Å². The molecule has 1 saturated heterocycles. The molecular formula is C26H28N4O2. The molecule has 4 N–H and O–H groups in total. The average molecular weight is 429 g/mol. The first-order valence-electron chi connectivity index (χ1n) is 11.2. The Bertz CT molecular complexity index is 1170. The number of nitrogens with one attached hydrogen (secondary N) is 2. The lowest BCUT2D eigenvalue weighted by atomic mass is 10.0. The van der Waals surface area contributed by atoms with Crippen LogP contribution in [0.1, 0.15) is 41.7 Å². The molecule has 0 atom stereocenters. The third kappa shape index (κ3) is 4.01. The van der Waals surface area contributed by atoms with E-state index in [-0.39, 0.29) is 5.91 Å². The van der Waals surface area contributed by atoms with Crippen molar-refractivity contribution in [1.82, 2.24) is 4.90 Å².